The number of hydrogen-bond acceptors (Lipinski definition) is 16. The molecule has 0 aromatic carbocycles. The van der Waals surface area contributed by atoms with E-state index in [4.69, 9.17) is 29.1 Å². The van der Waals surface area contributed by atoms with Crippen molar-refractivity contribution in [2.45, 2.75) is 276 Å². The summed E-state index contributed by atoms with van der Waals surface area (Å²) in [7, 11) is -4.63. The summed E-state index contributed by atoms with van der Waals surface area (Å²) < 4.78 is 34.3. The Morgan fingerprint density at radius 3 is 1.63 bits per heavy atom. The Labute approximate surface area is 519 Å². The van der Waals surface area contributed by atoms with Gasteiger partial charge in [0.15, 0.2) is 6.10 Å². The average molecular weight is 1260 g/mol. The fourth-order valence-corrected chi connectivity index (χ4v) is 11.8. The number of nitrogens with one attached hydrogen (secondary N) is 2. The number of ether oxygens (including phenoxy) is 2. The summed E-state index contributed by atoms with van der Waals surface area (Å²) in [6.45, 7) is 4.17. The van der Waals surface area contributed by atoms with Gasteiger partial charge in [-0.25, -0.2) is 10.0 Å². The van der Waals surface area contributed by atoms with E-state index in [1.54, 1.807) is 0 Å². The predicted octanol–water partition coefficient (Wildman–Crippen LogP) is 11.7. The van der Waals surface area contributed by atoms with Gasteiger partial charge in [0.2, 0.25) is 23.6 Å². The van der Waals surface area contributed by atoms with E-state index in [2.05, 4.69) is 29.6 Å². The van der Waals surface area contributed by atoms with E-state index in [1.807, 2.05) is 0 Å². The number of carbonyl (C=O) groups is 8. The summed E-state index contributed by atoms with van der Waals surface area (Å²) in [5.41, 5.74) is 8.44. The first-order valence-corrected chi connectivity index (χ1v) is 35.6. The predicted molar refractivity (Wildman–Crippen MR) is 336 cm³/mol. The molecule has 494 valence electrons. The molecule has 21 nitrogen and oxygen atoms in total. The minimum atomic E-state index is -4.63. The van der Waals surface area contributed by atoms with Crippen LogP contribution in [0.3, 0.4) is 0 Å². The molecule has 5 N–H and O–H groups in total. The summed E-state index contributed by atoms with van der Waals surface area (Å²) in [6.07, 6.45) is 37.6. The van der Waals surface area contributed by atoms with Gasteiger partial charge in [0.05, 0.1) is 37.5 Å². The van der Waals surface area contributed by atoms with Gasteiger partial charge in [-0.05, 0) is 50.7 Å². The van der Waals surface area contributed by atoms with Gasteiger partial charge in [0, 0.05) is 70.3 Å². The average Bonchev–Trinajstić information content (AvgIpc) is 3.53. The number of nitrogens with zero attached hydrogens (tertiary/aromatic N) is 3. The van der Waals surface area contributed by atoms with Crippen LogP contribution < -0.4 is 16.5 Å². The molecule has 0 saturated carbocycles. The van der Waals surface area contributed by atoms with Crippen molar-refractivity contribution in [3.05, 3.63) is 12.2 Å². The molecular formula is C63H111N6O15PS. The van der Waals surface area contributed by atoms with Gasteiger partial charge in [-0.1, -0.05) is 181 Å². The first-order chi connectivity index (χ1) is 41.6. The van der Waals surface area contributed by atoms with Crippen LogP contribution in [0.5, 0.6) is 0 Å². The van der Waals surface area contributed by atoms with E-state index in [1.165, 1.54) is 149 Å². The first-order valence-electron chi connectivity index (χ1n) is 33.1. The van der Waals surface area contributed by atoms with Crippen molar-refractivity contribution in [1.29, 1.82) is 0 Å². The van der Waals surface area contributed by atoms with E-state index in [0.717, 1.165) is 38.5 Å². The molecule has 3 atom stereocenters. The molecule has 86 heavy (non-hydrogen) atoms. The van der Waals surface area contributed by atoms with Crippen molar-refractivity contribution in [2.75, 3.05) is 58.4 Å². The molecule has 2 aliphatic heterocycles. The van der Waals surface area contributed by atoms with Crippen LogP contribution >= 0.6 is 19.6 Å². The number of rotatable bonds is 59. The Morgan fingerprint density at radius 1 is 0.605 bits per heavy atom. The number of imide groups is 2. The smallest absolute Gasteiger partial charge is 0.462 e. The number of thioether (sulfide) groups is 1. The monoisotopic (exact) mass is 1250 g/mol. The second-order valence-electron chi connectivity index (χ2n) is 22.8. The Kier molecular flexibility index (Phi) is 46.8. The number of hydroxylamine groups is 1. The number of hydrogen-bond donors (Lipinski definition) is 4. The molecule has 0 aliphatic carbocycles. The molecule has 2 aliphatic rings. The summed E-state index contributed by atoms with van der Waals surface area (Å²) in [5, 5.41) is 2.23. The van der Waals surface area contributed by atoms with Crippen LogP contribution in [0.25, 0.3) is 0 Å². The SMILES string of the molecule is CCCCCCCCCCCCCCCC(=O)OCC(COP(=O)(O)OCCN=C(N)CCCSC1CC(=O)N(CCCCCC(=O)NCCONC(=O)CCCCCN2C(=O)C=CC2=O)C1=O)OC(=O)CCCCCCCCCCCCCCC. The largest absolute Gasteiger partial charge is 0.472 e. The number of amides is 6. The van der Waals surface area contributed by atoms with E-state index < -0.39 is 37.7 Å². The molecule has 1 fully saturated rings. The highest BCUT2D eigenvalue weighted by molar-refractivity contribution is 8.00. The number of esters is 2. The standard InChI is InChI=1S/C63H111N6O15PS/c1-3-5-7-9-11-13-15-17-19-21-23-25-31-39-61(75)80-51-53(84-62(76)40-32-26-24-22-20-18-16-14-12-10-8-6-4-2)52-83-85(78,79)82-48-44-65-55(64)36-35-49-86-54-50-60(74)69(63(54)77)46-34-27-29-37-56(70)66-43-47-81-67-57(71)38-30-28-33-45-68-58(72)41-42-59(68)73/h41-42,53-54H,3-40,43-52H2,1-2H3,(H2,64,65)(H,66,70)(H,67,71)(H,78,79). The lowest BCUT2D eigenvalue weighted by Crippen LogP contribution is -2.32. The quantitative estimate of drug-likeness (QED) is 0.00837. The highest BCUT2D eigenvalue weighted by Gasteiger charge is 2.38. The molecule has 0 radical (unpaired) electrons. The third-order valence-corrected chi connectivity index (χ3v) is 17.3. The number of likely N-dealkylation sites (tertiary alicyclic amines) is 1. The van der Waals surface area contributed by atoms with Gasteiger partial charge in [-0.2, -0.15) is 0 Å². The zero-order chi connectivity index (χ0) is 62.7. The van der Waals surface area contributed by atoms with Crippen molar-refractivity contribution in [3.63, 3.8) is 0 Å². The fraction of sp³-hybridized carbons (Fsp3) is 0.825. The molecule has 2 rings (SSSR count). The van der Waals surface area contributed by atoms with Crippen molar-refractivity contribution in [1.82, 2.24) is 20.6 Å². The van der Waals surface area contributed by atoms with E-state index in [-0.39, 0.29) is 113 Å². The van der Waals surface area contributed by atoms with E-state index >= 15 is 0 Å². The molecule has 0 spiro atoms. The Morgan fingerprint density at radius 2 is 1.08 bits per heavy atom. The number of phosphoric acid groups is 1. The number of unbranched alkanes of at least 4 members (excludes halogenated alkanes) is 28. The summed E-state index contributed by atoms with van der Waals surface area (Å²) in [5.74, 6) is -1.70. The minimum absolute atomic E-state index is 0.0359. The van der Waals surface area contributed by atoms with Crippen molar-refractivity contribution in [3.8, 4) is 0 Å². The van der Waals surface area contributed by atoms with E-state index in [0.29, 0.717) is 76.5 Å². The number of aliphatic imine (C=N–C) groups is 1. The second kappa shape index (κ2) is 51.7. The third kappa shape index (κ3) is 41.9. The molecule has 1 saturated heterocycles. The summed E-state index contributed by atoms with van der Waals surface area (Å²) in [4.78, 5) is 121. The van der Waals surface area contributed by atoms with Crippen LogP contribution in [0, 0.1) is 0 Å². The summed E-state index contributed by atoms with van der Waals surface area (Å²) in [6, 6.07) is 0. The molecule has 2 heterocycles. The van der Waals surface area contributed by atoms with E-state index in [9.17, 15) is 47.8 Å². The fourth-order valence-electron chi connectivity index (χ4n) is 9.96. The molecule has 6 amide bonds. The summed E-state index contributed by atoms with van der Waals surface area (Å²) >= 11 is 1.38. The minimum Gasteiger partial charge on any atom is -0.462 e. The normalized spacial score (nSPS) is 15.4. The van der Waals surface area contributed by atoms with Gasteiger partial charge < -0.3 is 25.4 Å². The number of amidine groups is 1. The van der Waals surface area contributed by atoms with Gasteiger partial charge in [-0.3, -0.25) is 67.0 Å². The highest BCUT2D eigenvalue weighted by Crippen LogP contribution is 2.43. The van der Waals surface area contributed by atoms with Gasteiger partial charge in [-0.15, -0.1) is 11.8 Å². The maximum Gasteiger partial charge on any atom is 0.472 e. The zero-order valence-corrected chi connectivity index (χ0v) is 54.4. The maximum absolute atomic E-state index is 13.0. The van der Waals surface area contributed by atoms with Gasteiger partial charge in [0.25, 0.3) is 11.8 Å². The Hall–Kier alpha value is -4.21. The number of phosphoric ester groups is 1. The van der Waals surface area contributed by atoms with Crippen LogP contribution in [-0.2, 0) is 66.3 Å². The Balaban J connectivity index is 1.61. The zero-order valence-electron chi connectivity index (χ0n) is 52.7. The maximum atomic E-state index is 13.0. The van der Waals surface area contributed by atoms with Crippen LogP contribution in [0.2, 0.25) is 0 Å². The lowest BCUT2D eigenvalue weighted by Gasteiger charge is -2.20. The van der Waals surface area contributed by atoms with Crippen molar-refractivity contribution >= 4 is 72.8 Å². The first kappa shape index (κ1) is 77.9. The van der Waals surface area contributed by atoms with Gasteiger partial charge in [0.1, 0.15) is 6.61 Å². The third-order valence-electron chi connectivity index (χ3n) is 15.1. The number of carbonyl (C=O) groups excluding carboxylic acids is 8. The lowest BCUT2D eigenvalue weighted by molar-refractivity contribution is -0.161. The topological polar surface area (TPSA) is 289 Å². The van der Waals surface area contributed by atoms with Crippen LogP contribution in [0.4, 0.5) is 0 Å². The van der Waals surface area contributed by atoms with Crippen molar-refractivity contribution in [2.24, 2.45) is 10.7 Å². The van der Waals surface area contributed by atoms with Crippen LogP contribution in [0.15, 0.2) is 17.1 Å². The molecule has 0 aromatic rings. The molecule has 0 bridgehead atoms. The molecular weight excluding hydrogens is 1140 g/mol. The second-order valence-corrected chi connectivity index (χ2v) is 25.6. The molecule has 0 aromatic heterocycles. The molecule has 23 heteroatoms. The van der Waals surface area contributed by atoms with Gasteiger partial charge >= 0.3 is 19.8 Å². The number of nitrogens with two attached hydrogens (primary N) is 1. The Bertz CT molecular complexity index is 2020. The molecule has 3 unspecified atom stereocenters. The lowest BCUT2D eigenvalue weighted by atomic mass is 10.0. The highest BCUT2D eigenvalue weighted by atomic mass is 32.2. The van der Waals surface area contributed by atoms with Crippen molar-refractivity contribution < 1.29 is 71.2 Å². The van der Waals surface area contributed by atoms with Crippen LogP contribution in [0.1, 0.15) is 264 Å². The van der Waals surface area contributed by atoms with Crippen LogP contribution in [-0.4, -0.2) is 138 Å².